The quantitative estimate of drug-likeness (QED) is 0.764. The minimum Gasteiger partial charge on any atom is -0.317 e. The molecule has 19 heavy (non-hydrogen) atoms. The van der Waals surface area contributed by atoms with Crippen LogP contribution in [0.4, 0.5) is 5.82 Å². The first kappa shape index (κ1) is 14.1. The molecule has 106 valence electrons. The van der Waals surface area contributed by atoms with Crippen LogP contribution in [0.3, 0.4) is 0 Å². The van der Waals surface area contributed by atoms with Crippen molar-refractivity contribution in [2.45, 2.75) is 45.4 Å². The average Bonchev–Trinajstić information content (AvgIpc) is 2.88. The topological polar surface area (TPSA) is 69.8 Å². The van der Waals surface area contributed by atoms with Crippen molar-refractivity contribution in [2.75, 3.05) is 18.4 Å². The van der Waals surface area contributed by atoms with Crippen molar-refractivity contribution in [3.05, 3.63) is 11.8 Å². The third-order valence-electron chi connectivity index (χ3n) is 3.81. The number of carbonyl (C=O) groups excluding carboxylic acids is 1. The summed E-state index contributed by atoms with van der Waals surface area (Å²) < 4.78 is 0. The first-order valence-corrected chi connectivity index (χ1v) is 7.27. The van der Waals surface area contributed by atoms with E-state index in [1.54, 1.807) is 0 Å². The molecule has 1 atom stereocenters. The number of piperidine rings is 1. The number of nitrogens with zero attached hydrogens (tertiary/aromatic N) is 1. The van der Waals surface area contributed by atoms with Gasteiger partial charge in [-0.15, -0.1) is 0 Å². The molecule has 1 aromatic heterocycles. The van der Waals surface area contributed by atoms with Gasteiger partial charge in [0.15, 0.2) is 5.82 Å². The number of anilines is 1. The van der Waals surface area contributed by atoms with E-state index < -0.39 is 0 Å². The smallest absolute Gasteiger partial charge is 0.228 e. The van der Waals surface area contributed by atoms with Crippen LogP contribution in [0.1, 0.15) is 51.1 Å². The standard InChI is InChI=1S/C14H24N4O/c1-3-4-10(2)12-9-13(18-17-12)16-14(19)11-5-7-15-8-6-11/h9-11,15H,3-8H2,1-2H3,(H2,16,17,18,19). The van der Waals surface area contributed by atoms with E-state index >= 15 is 0 Å². The van der Waals surface area contributed by atoms with E-state index in [4.69, 9.17) is 0 Å². The lowest BCUT2D eigenvalue weighted by atomic mass is 9.97. The van der Waals surface area contributed by atoms with Gasteiger partial charge in [-0.1, -0.05) is 20.3 Å². The Morgan fingerprint density at radius 2 is 2.26 bits per heavy atom. The lowest BCUT2D eigenvalue weighted by Gasteiger charge is -2.21. The summed E-state index contributed by atoms with van der Waals surface area (Å²) in [7, 11) is 0. The van der Waals surface area contributed by atoms with Crippen molar-refractivity contribution in [3.63, 3.8) is 0 Å². The molecule has 2 heterocycles. The number of nitrogens with one attached hydrogen (secondary N) is 3. The highest BCUT2D eigenvalue weighted by atomic mass is 16.2. The monoisotopic (exact) mass is 264 g/mol. The third-order valence-corrected chi connectivity index (χ3v) is 3.81. The summed E-state index contributed by atoms with van der Waals surface area (Å²) in [5.74, 6) is 1.33. The normalized spacial score (nSPS) is 18.2. The molecular formula is C14H24N4O. The summed E-state index contributed by atoms with van der Waals surface area (Å²) in [4.78, 5) is 12.1. The highest BCUT2D eigenvalue weighted by Crippen LogP contribution is 2.21. The number of rotatable bonds is 5. The predicted molar refractivity (Wildman–Crippen MR) is 76.1 cm³/mol. The SMILES string of the molecule is CCCC(C)c1cc(NC(=O)C2CCNCC2)n[nH]1. The first-order chi connectivity index (χ1) is 9.20. The zero-order valence-electron chi connectivity index (χ0n) is 11.8. The molecule has 1 aromatic rings. The van der Waals surface area contributed by atoms with Crippen molar-refractivity contribution >= 4 is 11.7 Å². The van der Waals surface area contributed by atoms with Crippen LogP contribution >= 0.6 is 0 Å². The van der Waals surface area contributed by atoms with Gasteiger partial charge in [-0.25, -0.2) is 0 Å². The van der Waals surface area contributed by atoms with Crippen LogP contribution in [0.15, 0.2) is 6.07 Å². The molecule has 1 aliphatic rings. The highest BCUT2D eigenvalue weighted by Gasteiger charge is 2.21. The molecule has 5 nitrogen and oxygen atoms in total. The Morgan fingerprint density at radius 3 is 2.95 bits per heavy atom. The summed E-state index contributed by atoms with van der Waals surface area (Å²) >= 11 is 0. The van der Waals surface area contributed by atoms with E-state index in [0.29, 0.717) is 11.7 Å². The van der Waals surface area contributed by atoms with Gasteiger partial charge in [-0.2, -0.15) is 5.10 Å². The van der Waals surface area contributed by atoms with Crippen molar-refractivity contribution in [1.29, 1.82) is 0 Å². The summed E-state index contributed by atoms with van der Waals surface area (Å²) in [6.45, 7) is 6.21. The molecule has 0 aliphatic carbocycles. The van der Waals surface area contributed by atoms with Gasteiger partial charge in [0.1, 0.15) is 0 Å². The van der Waals surface area contributed by atoms with Gasteiger partial charge < -0.3 is 10.6 Å². The first-order valence-electron chi connectivity index (χ1n) is 7.27. The van der Waals surface area contributed by atoms with Crippen molar-refractivity contribution < 1.29 is 4.79 Å². The molecule has 1 unspecified atom stereocenters. The molecule has 5 heteroatoms. The molecule has 1 amide bonds. The summed E-state index contributed by atoms with van der Waals surface area (Å²) in [6, 6.07) is 1.96. The van der Waals surface area contributed by atoms with Gasteiger partial charge in [0.2, 0.25) is 5.91 Å². The van der Waals surface area contributed by atoms with Gasteiger partial charge in [0.25, 0.3) is 0 Å². The fourth-order valence-electron chi connectivity index (χ4n) is 2.55. The molecule has 1 fully saturated rings. The van der Waals surface area contributed by atoms with E-state index in [-0.39, 0.29) is 11.8 Å². The van der Waals surface area contributed by atoms with Gasteiger partial charge in [-0.05, 0) is 38.3 Å². The van der Waals surface area contributed by atoms with Crippen LogP contribution in [0.25, 0.3) is 0 Å². The van der Waals surface area contributed by atoms with E-state index in [9.17, 15) is 4.79 Å². The largest absolute Gasteiger partial charge is 0.317 e. The average molecular weight is 264 g/mol. The Labute approximate surface area is 114 Å². The van der Waals surface area contributed by atoms with Crippen molar-refractivity contribution in [2.24, 2.45) is 5.92 Å². The molecule has 0 saturated carbocycles. The van der Waals surface area contributed by atoms with E-state index in [0.717, 1.165) is 44.5 Å². The van der Waals surface area contributed by atoms with Gasteiger partial charge in [0, 0.05) is 17.7 Å². The minimum atomic E-state index is 0.0997. The minimum absolute atomic E-state index is 0.0997. The summed E-state index contributed by atoms with van der Waals surface area (Å²) in [6.07, 6.45) is 4.10. The van der Waals surface area contributed by atoms with Crippen LogP contribution in [0.2, 0.25) is 0 Å². The highest BCUT2D eigenvalue weighted by molar-refractivity contribution is 5.91. The number of aromatic nitrogens is 2. The molecule has 1 aliphatic heterocycles. The molecule has 2 rings (SSSR count). The van der Waals surface area contributed by atoms with Gasteiger partial charge in [-0.3, -0.25) is 9.89 Å². The molecule has 0 spiro atoms. The molecule has 0 aromatic carbocycles. The van der Waals surface area contributed by atoms with Crippen molar-refractivity contribution in [1.82, 2.24) is 15.5 Å². The second-order valence-corrected chi connectivity index (χ2v) is 5.41. The Morgan fingerprint density at radius 1 is 1.53 bits per heavy atom. The number of H-pyrrole nitrogens is 1. The number of aromatic amines is 1. The predicted octanol–water partition coefficient (Wildman–Crippen LogP) is 2.25. The van der Waals surface area contributed by atoms with Crippen LogP contribution in [0.5, 0.6) is 0 Å². The number of carbonyl (C=O) groups is 1. The molecule has 1 saturated heterocycles. The lowest BCUT2D eigenvalue weighted by Crippen LogP contribution is -2.34. The maximum Gasteiger partial charge on any atom is 0.228 e. The maximum atomic E-state index is 12.1. The number of hydrogen-bond acceptors (Lipinski definition) is 3. The number of amides is 1. The Bertz CT molecular complexity index is 409. The third kappa shape index (κ3) is 3.80. The molecule has 0 bridgehead atoms. The Hall–Kier alpha value is -1.36. The number of hydrogen-bond donors (Lipinski definition) is 3. The van der Waals surface area contributed by atoms with Crippen LogP contribution in [0, 0.1) is 5.92 Å². The van der Waals surface area contributed by atoms with E-state index in [2.05, 4.69) is 34.7 Å². The fraction of sp³-hybridized carbons (Fsp3) is 0.714. The lowest BCUT2D eigenvalue weighted by molar-refractivity contribution is -0.120. The molecular weight excluding hydrogens is 240 g/mol. The zero-order valence-corrected chi connectivity index (χ0v) is 11.8. The second-order valence-electron chi connectivity index (χ2n) is 5.41. The Kier molecular flexibility index (Phi) is 4.96. The van der Waals surface area contributed by atoms with Gasteiger partial charge in [0.05, 0.1) is 0 Å². The van der Waals surface area contributed by atoms with E-state index in [1.165, 1.54) is 0 Å². The summed E-state index contributed by atoms with van der Waals surface area (Å²) in [5, 5.41) is 13.4. The molecule has 0 radical (unpaired) electrons. The Balaban J connectivity index is 1.90. The zero-order chi connectivity index (χ0) is 13.7. The maximum absolute atomic E-state index is 12.1. The second kappa shape index (κ2) is 6.70. The van der Waals surface area contributed by atoms with Crippen LogP contribution < -0.4 is 10.6 Å². The van der Waals surface area contributed by atoms with Crippen LogP contribution in [-0.4, -0.2) is 29.2 Å². The van der Waals surface area contributed by atoms with Crippen molar-refractivity contribution in [3.8, 4) is 0 Å². The van der Waals surface area contributed by atoms with Gasteiger partial charge >= 0.3 is 0 Å². The fourth-order valence-corrected chi connectivity index (χ4v) is 2.55. The molecule has 3 N–H and O–H groups in total. The summed E-state index contributed by atoms with van der Waals surface area (Å²) in [5.41, 5.74) is 1.10. The van der Waals surface area contributed by atoms with Crippen LogP contribution in [-0.2, 0) is 4.79 Å². The van der Waals surface area contributed by atoms with E-state index in [1.807, 2.05) is 6.07 Å².